The number of nitrogens with two attached hydrogens (primary N) is 3. The lowest BCUT2D eigenvalue weighted by Gasteiger charge is -2.27. The Bertz CT molecular complexity index is 766. The third-order valence-corrected chi connectivity index (χ3v) is 7.39. The van der Waals surface area contributed by atoms with Gasteiger partial charge < -0.3 is 36.5 Å². The van der Waals surface area contributed by atoms with Crippen LogP contribution < -0.4 is 17.2 Å². The van der Waals surface area contributed by atoms with Gasteiger partial charge in [0.1, 0.15) is 0 Å². The van der Waals surface area contributed by atoms with Crippen molar-refractivity contribution in [3.05, 3.63) is 12.4 Å². The molecule has 2 aliphatic rings. The van der Waals surface area contributed by atoms with Crippen molar-refractivity contribution in [2.45, 2.75) is 70.4 Å². The fraction of sp³-hybridized carbons (Fsp3) is 0.792. The van der Waals surface area contributed by atoms with Crippen molar-refractivity contribution in [3.63, 3.8) is 0 Å². The molecule has 0 aromatic carbocycles. The lowest BCUT2D eigenvalue weighted by molar-refractivity contribution is 0.275. The number of nitrogens with zero attached hydrogens (tertiary/aromatic N) is 6. The maximum atomic E-state index is 8.89. The summed E-state index contributed by atoms with van der Waals surface area (Å²) >= 11 is 0. The Labute approximate surface area is 205 Å². The van der Waals surface area contributed by atoms with Gasteiger partial charge in [-0.2, -0.15) is 0 Å². The highest BCUT2D eigenvalue weighted by Crippen LogP contribution is 2.28. The van der Waals surface area contributed by atoms with E-state index in [1.165, 1.54) is 44.9 Å². The molecule has 1 aromatic heterocycles. The van der Waals surface area contributed by atoms with Crippen molar-refractivity contribution in [1.29, 1.82) is 5.41 Å². The standard InChI is InChI=1S/C24H46N10/c1-31(15-17-32-14-12-30-23(32)27)16-18-33-19-21(10-5-11-29-22(25)26)34(24(33)28)13-6-9-20-7-3-2-4-8-20/h12,14,20-21,28H,2-11,13,15-19H2,1H3,(H2,27,30)(H4,25,26,29). The van der Waals surface area contributed by atoms with Crippen LogP contribution in [-0.2, 0) is 6.54 Å². The molecule has 3 rings (SSSR count). The summed E-state index contributed by atoms with van der Waals surface area (Å²) in [7, 11) is 2.13. The van der Waals surface area contributed by atoms with Gasteiger partial charge in [-0.25, -0.2) is 4.98 Å². The van der Waals surface area contributed by atoms with E-state index in [9.17, 15) is 0 Å². The van der Waals surface area contributed by atoms with Crippen LogP contribution in [0.25, 0.3) is 0 Å². The molecule has 192 valence electrons. The number of imidazole rings is 1. The van der Waals surface area contributed by atoms with Gasteiger partial charge in [0, 0.05) is 64.2 Å². The van der Waals surface area contributed by atoms with Gasteiger partial charge in [0.2, 0.25) is 0 Å². The van der Waals surface area contributed by atoms with Crippen molar-refractivity contribution >= 4 is 17.9 Å². The van der Waals surface area contributed by atoms with Crippen molar-refractivity contribution in [1.82, 2.24) is 24.3 Å². The monoisotopic (exact) mass is 474 g/mol. The summed E-state index contributed by atoms with van der Waals surface area (Å²) in [5.41, 5.74) is 16.8. The van der Waals surface area contributed by atoms with Crippen LogP contribution in [0.1, 0.15) is 57.8 Å². The molecule has 2 heterocycles. The van der Waals surface area contributed by atoms with E-state index in [1.807, 2.05) is 10.8 Å². The molecule has 0 bridgehead atoms. The average molecular weight is 475 g/mol. The number of guanidine groups is 2. The van der Waals surface area contributed by atoms with Crippen molar-refractivity contribution < 1.29 is 0 Å². The van der Waals surface area contributed by atoms with E-state index in [0.29, 0.717) is 24.5 Å². The van der Waals surface area contributed by atoms with Gasteiger partial charge in [-0.1, -0.05) is 32.1 Å². The van der Waals surface area contributed by atoms with Gasteiger partial charge in [0.25, 0.3) is 0 Å². The molecule has 1 atom stereocenters. The molecule has 2 fully saturated rings. The van der Waals surface area contributed by atoms with Crippen LogP contribution >= 0.6 is 0 Å². The number of hydrogen-bond donors (Lipinski definition) is 4. The normalized spacial score (nSPS) is 19.4. The van der Waals surface area contributed by atoms with E-state index in [2.05, 4.69) is 31.7 Å². The first-order chi connectivity index (χ1) is 16.4. The molecule has 0 amide bonds. The smallest absolute Gasteiger partial charge is 0.200 e. The van der Waals surface area contributed by atoms with Crippen LogP contribution in [0.15, 0.2) is 17.4 Å². The minimum absolute atomic E-state index is 0.158. The lowest BCUT2D eigenvalue weighted by atomic mass is 9.86. The molecule has 0 radical (unpaired) electrons. The van der Waals surface area contributed by atoms with E-state index in [0.717, 1.165) is 58.0 Å². The highest BCUT2D eigenvalue weighted by molar-refractivity contribution is 5.79. The molecule has 1 saturated heterocycles. The van der Waals surface area contributed by atoms with Crippen LogP contribution in [0, 0.1) is 11.3 Å². The maximum absolute atomic E-state index is 8.89. The topological polar surface area (TPSA) is 142 Å². The Balaban J connectivity index is 1.47. The minimum atomic E-state index is 0.158. The fourth-order valence-electron chi connectivity index (χ4n) is 5.30. The average Bonchev–Trinajstić information content (AvgIpc) is 3.37. The van der Waals surface area contributed by atoms with E-state index in [1.54, 1.807) is 6.20 Å². The number of likely N-dealkylation sites (N-methyl/N-ethyl adjacent to an activating group) is 1. The van der Waals surface area contributed by atoms with Gasteiger partial charge in [0.15, 0.2) is 17.9 Å². The summed E-state index contributed by atoms with van der Waals surface area (Å²) in [5, 5.41) is 8.89. The number of anilines is 1. The van der Waals surface area contributed by atoms with Crippen molar-refractivity contribution in [3.8, 4) is 0 Å². The van der Waals surface area contributed by atoms with Crippen molar-refractivity contribution in [2.24, 2.45) is 22.4 Å². The summed E-state index contributed by atoms with van der Waals surface area (Å²) < 4.78 is 1.97. The predicted octanol–water partition coefficient (Wildman–Crippen LogP) is 1.73. The first-order valence-corrected chi connectivity index (χ1v) is 13.0. The number of rotatable bonds is 14. The third-order valence-electron chi connectivity index (χ3n) is 7.39. The molecular formula is C24H46N10. The first-order valence-electron chi connectivity index (χ1n) is 13.0. The number of aliphatic imine (C=N–C) groups is 1. The second-order valence-electron chi connectivity index (χ2n) is 9.99. The number of hydrogen-bond acceptors (Lipinski definition) is 5. The molecule has 1 aliphatic carbocycles. The maximum Gasteiger partial charge on any atom is 0.200 e. The van der Waals surface area contributed by atoms with Crippen LogP contribution in [0.4, 0.5) is 5.95 Å². The predicted molar refractivity (Wildman–Crippen MR) is 140 cm³/mol. The number of aromatic nitrogens is 2. The Kier molecular flexibility index (Phi) is 10.3. The summed E-state index contributed by atoms with van der Waals surface area (Å²) in [6.07, 6.45) is 15.1. The van der Waals surface area contributed by atoms with Gasteiger partial charge in [-0.3, -0.25) is 10.4 Å². The third kappa shape index (κ3) is 8.07. The molecule has 34 heavy (non-hydrogen) atoms. The van der Waals surface area contributed by atoms with E-state index in [-0.39, 0.29) is 5.96 Å². The first kappa shape index (κ1) is 26.1. The van der Waals surface area contributed by atoms with E-state index in [4.69, 9.17) is 22.6 Å². The molecule has 0 spiro atoms. The molecule has 10 nitrogen and oxygen atoms in total. The Morgan fingerprint density at radius 2 is 1.88 bits per heavy atom. The van der Waals surface area contributed by atoms with Gasteiger partial charge in [-0.05, 0) is 38.6 Å². The summed E-state index contributed by atoms with van der Waals surface area (Å²) in [6, 6.07) is 0.365. The SMILES string of the molecule is CN(CCN1CC(CCCN=C(N)N)N(CCCC2CCCCC2)C1=N)CCn1ccnc1N. The summed E-state index contributed by atoms with van der Waals surface area (Å²) in [4.78, 5) is 15.1. The zero-order chi connectivity index (χ0) is 24.3. The highest BCUT2D eigenvalue weighted by atomic mass is 15.4. The Morgan fingerprint density at radius 3 is 2.59 bits per heavy atom. The highest BCUT2D eigenvalue weighted by Gasteiger charge is 2.33. The second-order valence-corrected chi connectivity index (χ2v) is 9.99. The van der Waals surface area contributed by atoms with E-state index >= 15 is 0 Å². The molecule has 1 unspecified atom stereocenters. The Morgan fingerprint density at radius 1 is 1.12 bits per heavy atom. The van der Waals surface area contributed by atoms with Crippen LogP contribution in [0.2, 0.25) is 0 Å². The zero-order valence-corrected chi connectivity index (χ0v) is 21.0. The minimum Gasteiger partial charge on any atom is -0.370 e. The summed E-state index contributed by atoms with van der Waals surface area (Å²) in [5.74, 6) is 2.29. The largest absolute Gasteiger partial charge is 0.370 e. The lowest BCUT2D eigenvalue weighted by Crippen LogP contribution is -2.39. The van der Waals surface area contributed by atoms with Crippen LogP contribution in [0.5, 0.6) is 0 Å². The quantitative estimate of drug-likeness (QED) is 0.183. The molecule has 7 N–H and O–H groups in total. The second kappa shape index (κ2) is 13.4. The van der Waals surface area contributed by atoms with Crippen LogP contribution in [-0.4, -0.2) is 88.5 Å². The number of nitrogens with one attached hydrogen (secondary N) is 1. The van der Waals surface area contributed by atoms with Crippen molar-refractivity contribution in [2.75, 3.05) is 52.0 Å². The molecule has 1 aromatic rings. The number of nitrogen functional groups attached to an aromatic ring is 1. The zero-order valence-electron chi connectivity index (χ0n) is 21.0. The molecular weight excluding hydrogens is 428 g/mol. The van der Waals surface area contributed by atoms with E-state index < -0.39 is 0 Å². The van der Waals surface area contributed by atoms with Crippen LogP contribution in [0.3, 0.4) is 0 Å². The van der Waals surface area contributed by atoms with Gasteiger partial charge >= 0.3 is 0 Å². The van der Waals surface area contributed by atoms with Gasteiger partial charge in [-0.15, -0.1) is 0 Å². The summed E-state index contributed by atoms with van der Waals surface area (Å²) in [6.45, 7) is 6.03. The molecule has 1 saturated carbocycles. The molecule has 10 heteroatoms. The molecule has 1 aliphatic heterocycles. The Hall–Kier alpha value is -2.49. The fourth-order valence-corrected chi connectivity index (χ4v) is 5.30. The van der Waals surface area contributed by atoms with Gasteiger partial charge in [0.05, 0.1) is 0 Å².